The van der Waals surface area contributed by atoms with Crippen LogP contribution in [-0.2, 0) is 0 Å². The van der Waals surface area contributed by atoms with Crippen molar-refractivity contribution in [3.63, 3.8) is 0 Å². The summed E-state index contributed by atoms with van der Waals surface area (Å²) in [5.41, 5.74) is 0.358. The summed E-state index contributed by atoms with van der Waals surface area (Å²) < 4.78 is 0. The maximum atomic E-state index is 11.9. The first-order valence-corrected chi connectivity index (χ1v) is 7.48. The molecule has 1 amide bonds. The van der Waals surface area contributed by atoms with Gasteiger partial charge in [-0.15, -0.1) is 10.2 Å². The maximum Gasteiger partial charge on any atom is 0.272 e. The van der Waals surface area contributed by atoms with E-state index in [1.807, 2.05) is 13.2 Å². The lowest BCUT2D eigenvalue weighted by Gasteiger charge is -2.15. The number of carbonyl (C=O) groups excluding carboxylic acids is 1. The summed E-state index contributed by atoms with van der Waals surface area (Å²) in [5.74, 6) is 1.43. The number of nitrogens with one attached hydrogen (secondary N) is 2. The molecule has 0 aliphatic heterocycles. The predicted molar refractivity (Wildman–Crippen MR) is 76.1 cm³/mol. The van der Waals surface area contributed by atoms with Gasteiger partial charge >= 0.3 is 0 Å². The van der Waals surface area contributed by atoms with Gasteiger partial charge in [-0.2, -0.15) is 11.8 Å². The zero-order chi connectivity index (χ0) is 13.4. The molecule has 5 nitrogen and oxygen atoms in total. The summed E-state index contributed by atoms with van der Waals surface area (Å²) in [7, 11) is 0. The van der Waals surface area contributed by atoms with Crippen molar-refractivity contribution in [3.8, 4) is 0 Å². The third-order valence-corrected chi connectivity index (χ3v) is 3.19. The summed E-state index contributed by atoms with van der Waals surface area (Å²) in [5, 5.41) is 13.8. The van der Waals surface area contributed by atoms with Crippen LogP contribution in [0.15, 0.2) is 12.1 Å². The number of hydrogen-bond donors (Lipinski definition) is 2. The molecule has 0 radical (unpaired) electrons. The van der Waals surface area contributed by atoms with Crippen molar-refractivity contribution in [2.24, 2.45) is 0 Å². The fourth-order valence-electron chi connectivity index (χ4n) is 1.45. The lowest BCUT2D eigenvalue weighted by Crippen LogP contribution is -2.36. The lowest BCUT2D eigenvalue weighted by atomic mass is 10.2. The molecule has 1 heterocycles. The number of amides is 1. The van der Waals surface area contributed by atoms with Crippen LogP contribution >= 0.6 is 11.8 Å². The first-order valence-electron chi connectivity index (χ1n) is 6.08. The van der Waals surface area contributed by atoms with E-state index in [1.165, 1.54) is 0 Å². The van der Waals surface area contributed by atoms with Crippen LogP contribution in [0.4, 0.5) is 5.82 Å². The number of thioether (sulfide) groups is 1. The average Bonchev–Trinajstić information content (AvgIpc) is 2.39. The van der Waals surface area contributed by atoms with E-state index in [4.69, 9.17) is 0 Å². The van der Waals surface area contributed by atoms with Crippen molar-refractivity contribution in [1.29, 1.82) is 0 Å². The van der Waals surface area contributed by atoms with Crippen LogP contribution in [0.25, 0.3) is 0 Å². The normalized spacial score (nSPS) is 11.9. The molecule has 6 heteroatoms. The number of anilines is 1. The van der Waals surface area contributed by atoms with Crippen molar-refractivity contribution < 1.29 is 4.79 Å². The Labute approximate surface area is 112 Å². The topological polar surface area (TPSA) is 66.9 Å². The van der Waals surface area contributed by atoms with Gasteiger partial charge in [0.25, 0.3) is 5.91 Å². The molecular weight excluding hydrogens is 248 g/mol. The third-order valence-electron chi connectivity index (χ3n) is 2.45. The predicted octanol–water partition coefficient (Wildman–Crippen LogP) is 1.78. The van der Waals surface area contributed by atoms with Gasteiger partial charge in [0.1, 0.15) is 5.82 Å². The Balaban J connectivity index is 2.60. The number of rotatable bonds is 7. The van der Waals surface area contributed by atoms with E-state index in [0.29, 0.717) is 11.5 Å². The van der Waals surface area contributed by atoms with Crippen LogP contribution in [-0.4, -0.2) is 40.7 Å². The van der Waals surface area contributed by atoms with Crippen molar-refractivity contribution in [2.75, 3.05) is 23.9 Å². The maximum absolute atomic E-state index is 11.9. The molecule has 0 spiro atoms. The second-order valence-corrected chi connectivity index (χ2v) is 4.78. The largest absolute Gasteiger partial charge is 0.369 e. The zero-order valence-electron chi connectivity index (χ0n) is 11.1. The summed E-state index contributed by atoms with van der Waals surface area (Å²) in [6.07, 6.45) is 2.94. The number of hydrogen-bond acceptors (Lipinski definition) is 5. The Kier molecular flexibility index (Phi) is 6.49. The molecular formula is C12H20N4OS. The SMILES string of the molecule is CCNc1ccc(C(=O)NC(CC)CSC)nn1. The Morgan fingerprint density at radius 3 is 2.67 bits per heavy atom. The van der Waals surface area contributed by atoms with Gasteiger partial charge in [0.2, 0.25) is 0 Å². The molecule has 100 valence electrons. The molecule has 1 aromatic rings. The highest BCUT2D eigenvalue weighted by Crippen LogP contribution is 2.04. The van der Waals surface area contributed by atoms with Crippen molar-refractivity contribution in [3.05, 3.63) is 17.8 Å². The monoisotopic (exact) mass is 268 g/mol. The molecule has 0 bridgehead atoms. The fourth-order valence-corrected chi connectivity index (χ4v) is 2.17. The summed E-state index contributed by atoms with van der Waals surface area (Å²) >= 11 is 1.72. The van der Waals surface area contributed by atoms with Crippen LogP contribution in [0.3, 0.4) is 0 Å². The smallest absolute Gasteiger partial charge is 0.272 e. The van der Waals surface area contributed by atoms with Gasteiger partial charge in [-0.3, -0.25) is 4.79 Å². The molecule has 0 fully saturated rings. The van der Waals surface area contributed by atoms with E-state index in [-0.39, 0.29) is 11.9 Å². The van der Waals surface area contributed by atoms with E-state index >= 15 is 0 Å². The van der Waals surface area contributed by atoms with Gasteiger partial charge in [0.05, 0.1) is 0 Å². The molecule has 1 atom stereocenters. The molecule has 18 heavy (non-hydrogen) atoms. The lowest BCUT2D eigenvalue weighted by molar-refractivity contribution is 0.0934. The second-order valence-electron chi connectivity index (χ2n) is 3.87. The van der Waals surface area contributed by atoms with Crippen molar-refractivity contribution in [2.45, 2.75) is 26.3 Å². The average molecular weight is 268 g/mol. The molecule has 1 aromatic heterocycles. The molecule has 0 saturated heterocycles. The number of nitrogens with zero attached hydrogens (tertiary/aromatic N) is 2. The molecule has 0 aliphatic carbocycles. The fraction of sp³-hybridized carbons (Fsp3) is 0.583. The van der Waals surface area contributed by atoms with Gasteiger partial charge in [-0.25, -0.2) is 0 Å². The van der Waals surface area contributed by atoms with E-state index < -0.39 is 0 Å². The van der Waals surface area contributed by atoms with Crippen LogP contribution < -0.4 is 10.6 Å². The number of carbonyl (C=O) groups is 1. The molecule has 0 aliphatic rings. The summed E-state index contributed by atoms with van der Waals surface area (Å²) in [4.78, 5) is 11.9. The Morgan fingerprint density at radius 1 is 1.39 bits per heavy atom. The van der Waals surface area contributed by atoms with Crippen LogP contribution in [0.1, 0.15) is 30.8 Å². The van der Waals surface area contributed by atoms with E-state index in [2.05, 4.69) is 27.8 Å². The first kappa shape index (κ1) is 14.8. The standard InChI is InChI=1S/C12H20N4OS/c1-4-9(8-18-3)14-12(17)10-6-7-11(13-5-2)16-15-10/h6-7,9H,4-5,8H2,1-3H3,(H,13,16)(H,14,17). The van der Waals surface area contributed by atoms with Gasteiger partial charge < -0.3 is 10.6 Å². The minimum absolute atomic E-state index is 0.161. The zero-order valence-corrected chi connectivity index (χ0v) is 11.9. The van der Waals surface area contributed by atoms with E-state index in [9.17, 15) is 4.79 Å². The van der Waals surface area contributed by atoms with Crippen molar-refractivity contribution in [1.82, 2.24) is 15.5 Å². The van der Waals surface area contributed by atoms with Gasteiger partial charge in [0.15, 0.2) is 5.69 Å². The molecule has 2 N–H and O–H groups in total. The highest BCUT2D eigenvalue weighted by molar-refractivity contribution is 7.98. The molecule has 0 aromatic carbocycles. The highest BCUT2D eigenvalue weighted by atomic mass is 32.2. The molecule has 1 unspecified atom stereocenters. The Bertz CT molecular complexity index is 369. The first-order chi connectivity index (χ1) is 8.71. The third kappa shape index (κ3) is 4.52. The second kappa shape index (κ2) is 7.92. The number of aromatic nitrogens is 2. The van der Waals surface area contributed by atoms with Gasteiger partial charge in [0, 0.05) is 18.3 Å². The van der Waals surface area contributed by atoms with Gasteiger partial charge in [-0.05, 0) is 31.7 Å². The van der Waals surface area contributed by atoms with Crippen LogP contribution in [0.2, 0.25) is 0 Å². The summed E-state index contributed by atoms with van der Waals surface area (Å²) in [6.45, 7) is 4.82. The van der Waals surface area contributed by atoms with Crippen molar-refractivity contribution >= 4 is 23.5 Å². The van der Waals surface area contributed by atoms with Gasteiger partial charge in [-0.1, -0.05) is 6.92 Å². The Morgan fingerprint density at radius 2 is 2.17 bits per heavy atom. The van der Waals surface area contributed by atoms with E-state index in [0.717, 1.165) is 18.7 Å². The van der Waals surface area contributed by atoms with Crippen LogP contribution in [0, 0.1) is 0 Å². The van der Waals surface area contributed by atoms with Crippen LogP contribution in [0.5, 0.6) is 0 Å². The Hall–Kier alpha value is -1.30. The quantitative estimate of drug-likeness (QED) is 0.789. The summed E-state index contributed by atoms with van der Waals surface area (Å²) in [6, 6.07) is 3.63. The molecule has 1 rings (SSSR count). The molecule has 0 saturated carbocycles. The van der Waals surface area contributed by atoms with E-state index in [1.54, 1.807) is 23.9 Å². The minimum Gasteiger partial charge on any atom is -0.369 e. The highest BCUT2D eigenvalue weighted by Gasteiger charge is 2.13. The minimum atomic E-state index is -0.161.